The Kier molecular flexibility index (Phi) is 4.29. The molecule has 1 aromatic carbocycles. The monoisotopic (exact) mass is 296 g/mol. The molecule has 1 fully saturated rings. The average Bonchev–Trinajstić information content (AvgIpc) is 3.09. The van der Waals surface area contributed by atoms with E-state index in [1.165, 1.54) is 6.07 Å². The number of guanidine groups is 1. The Morgan fingerprint density at radius 2 is 2.20 bits per heavy atom. The predicted molar refractivity (Wildman–Crippen MR) is 78.7 cm³/mol. The zero-order chi connectivity index (χ0) is 14.8. The first-order valence-corrected chi connectivity index (χ1v) is 8.03. The lowest BCUT2D eigenvalue weighted by Crippen LogP contribution is -2.38. The second kappa shape index (κ2) is 5.80. The van der Waals surface area contributed by atoms with E-state index in [1.807, 2.05) is 6.07 Å². The van der Waals surface area contributed by atoms with Gasteiger partial charge in [-0.05, 0) is 30.0 Å². The van der Waals surface area contributed by atoms with E-state index in [9.17, 15) is 8.42 Å². The lowest BCUT2D eigenvalue weighted by molar-refractivity contribution is 0.597. The van der Waals surface area contributed by atoms with Crippen molar-refractivity contribution >= 4 is 16.0 Å². The lowest BCUT2D eigenvalue weighted by atomic mass is 10.2. The number of nitrogens with one attached hydrogen (secondary N) is 2. The van der Waals surface area contributed by atoms with Crippen molar-refractivity contribution in [3.8, 4) is 0 Å². The fourth-order valence-electron chi connectivity index (χ4n) is 1.91. The molecule has 110 valence electrons. The van der Waals surface area contributed by atoms with Crippen LogP contribution in [0.2, 0.25) is 0 Å². The van der Waals surface area contributed by atoms with Gasteiger partial charge in [0.1, 0.15) is 0 Å². The number of aliphatic imine (C=N–C) groups is 1. The summed E-state index contributed by atoms with van der Waals surface area (Å²) in [7, 11) is -1.95. The van der Waals surface area contributed by atoms with E-state index in [4.69, 9.17) is 5.14 Å². The summed E-state index contributed by atoms with van der Waals surface area (Å²) in [6.45, 7) is 2.67. The first-order valence-electron chi connectivity index (χ1n) is 6.49. The molecule has 1 aliphatic carbocycles. The van der Waals surface area contributed by atoms with Crippen molar-refractivity contribution in [2.45, 2.75) is 30.8 Å². The average molecular weight is 296 g/mol. The van der Waals surface area contributed by atoms with Gasteiger partial charge in [0.25, 0.3) is 0 Å². The number of hydrogen-bond acceptors (Lipinski definition) is 3. The highest BCUT2D eigenvalue weighted by molar-refractivity contribution is 7.89. The van der Waals surface area contributed by atoms with E-state index < -0.39 is 10.0 Å². The van der Waals surface area contributed by atoms with E-state index in [0.717, 1.165) is 17.9 Å². The molecule has 2 rings (SSSR count). The lowest BCUT2D eigenvalue weighted by Gasteiger charge is -2.12. The molecule has 0 saturated heterocycles. The van der Waals surface area contributed by atoms with Gasteiger partial charge in [0.2, 0.25) is 10.0 Å². The maximum Gasteiger partial charge on any atom is 0.238 e. The van der Waals surface area contributed by atoms with Crippen LogP contribution in [0.25, 0.3) is 0 Å². The molecule has 7 heteroatoms. The van der Waals surface area contributed by atoms with Crippen molar-refractivity contribution in [2.75, 3.05) is 7.05 Å². The van der Waals surface area contributed by atoms with Crippen molar-refractivity contribution in [1.29, 1.82) is 0 Å². The molecule has 1 aliphatic rings. The van der Waals surface area contributed by atoms with E-state index in [1.54, 1.807) is 19.2 Å². The summed E-state index contributed by atoms with van der Waals surface area (Å²) >= 11 is 0. The molecule has 1 saturated carbocycles. The minimum absolute atomic E-state index is 0.121. The van der Waals surface area contributed by atoms with Crippen LogP contribution < -0.4 is 15.8 Å². The number of benzene rings is 1. The normalized spacial score (nSPS) is 22.4. The maximum atomic E-state index is 11.3. The van der Waals surface area contributed by atoms with Crippen molar-refractivity contribution in [1.82, 2.24) is 10.6 Å². The SMILES string of the molecule is CN=C(NCc1cccc(S(N)(=O)=O)c1)NC1CC1C. The summed E-state index contributed by atoms with van der Waals surface area (Å²) < 4.78 is 22.6. The topological polar surface area (TPSA) is 96.6 Å². The maximum absolute atomic E-state index is 11.3. The van der Waals surface area contributed by atoms with Gasteiger partial charge in [-0.2, -0.15) is 0 Å². The third kappa shape index (κ3) is 3.94. The fraction of sp³-hybridized carbons (Fsp3) is 0.462. The Morgan fingerprint density at radius 3 is 2.75 bits per heavy atom. The standard InChI is InChI=1S/C13H20N4O2S/c1-9-6-12(9)17-13(15-2)16-8-10-4-3-5-11(7-10)20(14,18)19/h3-5,7,9,12H,6,8H2,1-2H3,(H2,14,18,19)(H2,15,16,17). The minimum Gasteiger partial charge on any atom is -0.353 e. The molecule has 20 heavy (non-hydrogen) atoms. The quantitative estimate of drug-likeness (QED) is 0.554. The number of nitrogens with two attached hydrogens (primary N) is 1. The van der Waals surface area contributed by atoms with Gasteiger partial charge >= 0.3 is 0 Å². The number of primary sulfonamides is 1. The van der Waals surface area contributed by atoms with E-state index >= 15 is 0 Å². The number of nitrogens with zero attached hydrogens (tertiary/aromatic N) is 1. The Balaban J connectivity index is 1.96. The Morgan fingerprint density at radius 1 is 1.50 bits per heavy atom. The summed E-state index contributed by atoms with van der Waals surface area (Å²) in [4.78, 5) is 4.26. The van der Waals surface area contributed by atoms with E-state index in [-0.39, 0.29) is 4.90 Å². The molecule has 1 aromatic rings. The van der Waals surface area contributed by atoms with Crippen LogP contribution in [0.15, 0.2) is 34.2 Å². The van der Waals surface area contributed by atoms with Gasteiger partial charge in [0.05, 0.1) is 4.90 Å². The zero-order valence-corrected chi connectivity index (χ0v) is 12.4. The first-order chi connectivity index (χ1) is 9.40. The first kappa shape index (κ1) is 14.8. The highest BCUT2D eigenvalue weighted by Gasteiger charge is 2.33. The molecule has 0 aliphatic heterocycles. The molecule has 0 heterocycles. The van der Waals surface area contributed by atoms with Crippen molar-refractivity contribution in [3.63, 3.8) is 0 Å². The second-order valence-corrected chi connectivity index (χ2v) is 6.64. The summed E-state index contributed by atoms with van der Waals surface area (Å²) in [5.41, 5.74) is 0.836. The molecule has 0 spiro atoms. The van der Waals surface area contributed by atoms with Gasteiger partial charge in [-0.1, -0.05) is 19.1 Å². The number of sulfonamides is 1. The van der Waals surface area contributed by atoms with E-state index in [2.05, 4.69) is 22.5 Å². The van der Waals surface area contributed by atoms with E-state index in [0.29, 0.717) is 18.5 Å². The summed E-state index contributed by atoms with van der Waals surface area (Å²) in [5.74, 6) is 1.40. The molecule has 0 aromatic heterocycles. The molecule has 2 unspecified atom stereocenters. The summed E-state index contributed by atoms with van der Waals surface area (Å²) in [5, 5.41) is 11.6. The summed E-state index contributed by atoms with van der Waals surface area (Å²) in [6, 6.07) is 7.05. The minimum atomic E-state index is -3.66. The van der Waals surface area contributed by atoms with Gasteiger partial charge in [0, 0.05) is 19.6 Å². The van der Waals surface area contributed by atoms with Crippen LogP contribution in [0.3, 0.4) is 0 Å². The van der Waals surface area contributed by atoms with Gasteiger partial charge in [-0.15, -0.1) is 0 Å². The van der Waals surface area contributed by atoms with Crippen molar-refractivity contribution in [3.05, 3.63) is 29.8 Å². The molecule has 2 atom stereocenters. The van der Waals surface area contributed by atoms with Crippen LogP contribution in [-0.4, -0.2) is 27.5 Å². The zero-order valence-electron chi connectivity index (χ0n) is 11.6. The van der Waals surface area contributed by atoms with Crippen LogP contribution in [0.1, 0.15) is 18.9 Å². The molecule has 0 bridgehead atoms. The van der Waals surface area contributed by atoms with Gasteiger partial charge in [-0.3, -0.25) is 4.99 Å². The fourth-order valence-corrected chi connectivity index (χ4v) is 2.50. The van der Waals surface area contributed by atoms with Crippen LogP contribution in [0.4, 0.5) is 0 Å². The molecular weight excluding hydrogens is 276 g/mol. The molecular formula is C13H20N4O2S. The number of hydrogen-bond donors (Lipinski definition) is 3. The summed E-state index contributed by atoms with van der Waals surface area (Å²) in [6.07, 6.45) is 1.15. The molecule has 6 nitrogen and oxygen atoms in total. The highest BCUT2D eigenvalue weighted by Crippen LogP contribution is 2.28. The number of rotatable bonds is 4. The van der Waals surface area contributed by atoms with Crippen LogP contribution in [0, 0.1) is 5.92 Å². The largest absolute Gasteiger partial charge is 0.353 e. The van der Waals surface area contributed by atoms with Crippen LogP contribution >= 0.6 is 0 Å². The Hall–Kier alpha value is -1.60. The van der Waals surface area contributed by atoms with Crippen molar-refractivity contribution < 1.29 is 8.42 Å². The van der Waals surface area contributed by atoms with Crippen molar-refractivity contribution in [2.24, 2.45) is 16.0 Å². The second-order valence-electron chi connectivity index (χ2n) is 5.08. The molecule has 0 radical (unpaired) electrons. The van der Waals surface area contributed by atoms with Gasteiger partial charge < -0.3 is 10.6 Å². The Labute approximate surface area is 119 Å². The molecule has 0 amide bonds. The van der Waals surface area contributed by atoms with Gasteiger partial charge in [-0.25, -0.2) is 13.6 Å². The van der Waals surface area contributed by atoms with Crippen LogP contribution in [0.5, 0.6) is 0 Å². The Bertz CT molecular complexity index is 613. The van der Waals surface area contributed by atoms with Crippen LogP contribution in [-0.2, 0) is 16.6 Å². The third-order valence-electron chi connectivity index (χ3n) is 3.34. The van der Waals surface area contributed by atoms with Gasteiger partial charge in [0.15, 0.2) is 5.96 Å². The predicted octanol–water partition coefficient (Wildman–Crippen LogP) is 0.407. The smallest absolute Gasteiger partial charge is 0.238 e. The highest BCUT2D eigenvalue weighted by atomic mass is 32.2. The molecule has 4 N–H and O–H groups in total. The third-order valence-corrected chi connectivity index (χ3v) is 4.25.